The molecule has 2 aromatic rings. The standard InChI is InChI=1S/C14H15N/c15-12-8-11(9-12)14-7-3-5-10-4-1-2-6-13(10)14/h1-7,11-12H,8-9,15H2. The van der Waals surface area contributed by atoms with Gasteiger partial charge in [-0.3, -0.25) is 0 Å². The summed E-state index contributed by atoms with van der Waals surface area (Å²) in [5.74, 6) is 0.686. The van der Waals surface area contributed by atoms with Crippen molar-refractivity contribution >= 4 is 10.8 Å². The maximum absolute atomic E-state index is 5.85. The number of hydrogen-bond acceptors (Lipinski definition) is 1. The third kappa shape index (κ3) is 1.44. The van der Waals surface area contributed by atoms with E-state index < -0.39 is 0 Å². The first-order valence-electron chi connectivity index (χ1n) is 5.58. The van der Waals surface area contributed by atoms with E-state index in [1.807, 2.05) is 0 Å². The van der Waals surface area contributed by atoms with Gasteiger partial charge in [-0.05, 0) is 35.1 Å². The van der Waals surface area contributed by atoms with Crippen LogP contribution in [0.1, 0.15) is 24.3 Å². The van der Waals surface area contributed by atoms with E-state index in [1.54, 1.807) is 0 Å². The highest BCUT2D eigenvalue weighted by atomic mass is 14.7. The lowest BCUT2D eigenvalue weighted by Crippen LogP contribution is -2.34. The average molecular weight is 197 g/mol. The highest BCUT2D eigenvalue weighted by molar-refractivity contribution is 5.86. The summed E-state index contributed by atoms with van der Waals surface area (Å²) in [6, 6.07) is 15.6. The van der Waals surface area contributed by atoms with Crippen molar-refractivity contribution in [2.45, 2.75) is 24.8 Å². The van der Waals surface area contributed by atoms with Gasteiger partial charge in [-0.1, -0.05) is 42.5 Å². The lowest BCUT2D eigenvalue weighted by atomic mass is 9.75. The lowest BCUT2D eigenvalue weighted by Gasteiger charge is -2.33. The zero-order valence-electron chi connectivity index (χ0n) is 8.69. The van der Waals surface area contributed by atoms with Crippen LogP contribution < -0.4 is 5.73 Å². The molecule has 0 amide bonds. The first-order chi connectivity index (χ1) is 7.34. The zero-order chi connectivity index (χ0) is 10.3. The minimum absolute atomic E-state index is 0.425. The van der Waals surface area contributed by atoms with Gasteiger partial charge in [-0.2, -0.15) is 0 Å². The van der Waals surface area contributed by atoms with E-state index in [-0.39, 0.29) is 0 Å². The summed E-state index contributed by atoms with van der Waals surface area (Å²) < 4.78 is 0. The molecule has 3 rings (SSSR count). The fourth-order valence-electron chi connectivity index (χ4n) is 2.52. The van der Waals surface area contributed by atoms with Crippen LogP contribution in [-0.4, -0.2) is 6.04 Å². The Morgan fingerprint density at radius 3 is 2.47 bits per heavy atom. The number of nitrogens with two attached hydrogens (primary N) is 1. The Kier molecular flexibility index (Phi) is 2.00. The van der Waals surface area contributed by atoms with Crippen LogP contribution in [0.3, 0.4) is 0 Å². The molecule has 0 radical (unpaired) electrons. The Morgan fingerprint density at radius 1 is 0.933 bits per heavy atom. The highest BCUT2D eigenvalue weighted by Crippen LogP contribution is 2.38. The summed E-state index contributed by atoms with van der Waals surface area (Å²) in [4.78, 5) is 0. The fourth-order valence-corrected chi connectivity index (χ4v) is 2.52. The fraction of sp³-hybridized carbons (Fsp3) is 0.286. The van der Waals surface area contributed by atoms with Crippen molar-refractivity contribution in [1.82, 2.24) is 0 Å². The molecule has 0 saturated heterocycles. The molecule has 0 bridgehead atoms. The molecule has 76 valence electrons. The molecule has 0 atom stereocenters. The number of rotatable bonds is 1. The molecule has 1 saturated carbocycles. The van der Waals surface area contributed by atoms with E-state index in [9.17, 15) is 0 Å². The molecule has 1 fully saturated rings. The number of fused-ring (bicyclic) bond motifs is 1. The molecule has 0 aromatic heterocycles. The zero-order valence-corrected chi connectivity index (χ0v) is 8.69. The predicted molar refractivity (Wildman–Crippen MR) is 63.9 cm³/mol. The molecule has 1 nitrogen and oxygen atoms in total. The van der Waals surface area contributed by atoms with E-state index in [4.69, 9.17) is 5.73 Å². The van der Waals surface area contributed by atoms with E-state index >= 15 is 0 Å². The van der Waals surface area contributed by atoms with Crippen molar-refractivity contribution in [1.29, 1.82) is 0 Å². The van der Waals surface area contributed by atoms with Crippen molar-refractivity contribution in [3.63, 3.8) is 0 Å². The Hall–Kier alpha value is -1.34. The van der Waals surface area contributed by atoms with Crippen LogP contribution in [0.5, 0.6) is 0 Å². The Bertz CT molecular complexity index is 478. The minimum Gasteiger partial charge on any atom is -0.328 e. The van der Waals surface area contributed by atoms with Gasteiger partial charge in [-0.25, -0.2) is 0 Å². The molecule has 0 unspecified atom stereocenters. The third-order valence-corrected chi connectivity index (χ3v) is 3.44. The van der Waals surface area contributed by atoms with Gasteiger partial charge >= 0.3 is 0 Å². The number of hydrogen-bond donors (Lipinski definition) is 1. The summed E-state index contributed by atoms with van der Waals surface area (Å²) in [5.41, 5.74) is 7.33. The maximum Gasteiger partial charge on any atom is 0.00505 e. The van der Waals surface area contributed by atoms with Gasteiger partial charge in [0.15, 0.2) is 0 Å². The summed E-state index contributed by atoms with van der Waals surface area (Å²) in [5, 5.41) is 2.74. The summed E-state index contributed by atoms with van der Waals surface area (Å²) in [6.45, 7) is 0. The van der Waals surface area contributed by atoms with Crippen molar-refractivity contribution in [3.05, 3.63) is 48.0 Å². The smallest absolute Gasteiger partial charge is 0.00505 e. The highest BCUT2D eigenvalue weighted by Gasteiger charge is 2.28. The molecular formula is C14H15N. The molecule has 0 aliphatic heterocycles. The molecule has 1 aliphatic rings. The molecule has 0 heterocycles. The third-order valence-electron chi connectivity index (χ3n) is 3.44. The largest absolute Gasteiger partial charge is 0.328 e. The minimum atomic E-state index is 0.425. The molecule has 15 heavy (non-hydrogen) atoms. The van der Waals surface area contributed by atoms with Gasteiger partial charge in [0, 0.05) is 6.04 Å². The van der Waals surface area contributed by atoms with Gasteiger partial charge in [-0.15, -0.1) is 0 Å². The van der Waals surface area contributed by atoms with Crippen LogP contribution >= 0.6 is 0 Å². The SMILES string of the molecule is NC1CC(c2cccc3ccccc23)C1. The first kappa shape index (κ1) is 8.93. The second-order valence-electron chi connectivity index (χ2n) is 4.50. The second kappa shape index (κ2) is 3.35. The lowest BCUT2D eigenvalue weighted by molar-refractivity contribution is 0.353. The second-order valence-corrected chi connectivity index (χ2v) is 4.50. The topological polar surface area (TPSA) is 26.0 Å². The normalized spacial score (nSPS) is 25.1. The molecule has 2 N–H and O–H groups in total. The van der Waals surface area contributed by atoms with Crippen LogP contribution in [0.15, 0.2) is 42.5 Å². The summed E-state index contributed by atoms with van der Waals surface area (Å²) >= 11 is 0. The predicted octanol–water partition coefficient (Wildman–Crippen LogP) is 3.04. The summed E-state index contributed by atoms with van der Waals surface area (Å²) in [6.07, 6.45) is 2.29. The van der Waals surface area contributed by atoms with Crippen molar-refractivity contribution in [2.75, 3.05) is 0 Å². The van der Waals surface area contributed by atoms with Crippen LogP contribution in [-0.2, 0) is 0 Å². The van der Waals surface area contributed by atoms with Crippen molar-refractivity contribution in [3.8, 4) is 0 Å². The molecule has 1 aliphatic carbocycles. The molecule has 0 spiro atoms. The molecular weight excluding hydrogens is 182 g/mol. The Labute approximate surface area is 89.9 Å². The molecule has 1 heteroatoms. The van der Waals surface area contributed by atoms with Crippen LogP contribution in [0.25, 0.3) is 10.8 Å². The van der Waals surface area contributed by atoms with Crippen LogP contribution in [0, 0.1) is 0 Å². The van der Waals surface area contributed by atoms with E-state index in [0.29, 0.717) is 12.0 Å². The van der Waals surface area contributed by atoms with E-state index in [2.05, 4.69) is 42.5 Å². The Morgan fingerprint density at radius 2 is 1.67 bits per heavy atom. The van der Waals surface area contributed by atoms with Crippen LogP contribution in [0.2, 0.25) is 0 Å². The quantitative estimate of drug-likeness (QED) is 0.747. The monoisotopic (exact) mass is 197 g/mol. The van der Waals surface area contributed by atoms with Crippen molar-refractivity contribution in [2.24, 2.45) is 5.73 Å². The Balaban J connectivity index is 2.10. The van der Waals surface area contributed by atoms with Gasteiger partial charge < -0.3 is 5.73 Å². The first-order valence-corrected chi connectivity index (χ1v) is 5.58. The average Bonchev–Trinajstić information content (AvgIpc) is 2.24. The van der Waals surface area contributed by atoms with Gasteiger partial charge in [0.25, 0.3) is 0 Å². The van der Waals surface area contributed by atoms with Crippen LogP contribution in [0.4, 0.5) is 0 Å². The van der Waals surface area contributed by atoms with E-state index in [1.165, 1.54) is 16.3 Å². The maximum atomic E-state index is 5.85. The van der Waals surface area contributed by atoms with Crippen molar-refractivity contribution < 1.29 is 0 Å². The van der Waals surface area contributed by atoms with Gasteiger partial charge in [0.2, 0.25) is 0 Å². The summed E-state index contributed by atoms with van der Waals surface area (Å²) in [7, 11) is 0. The molecule has 2 aromatic carbocycles. The van der Waals surface area contributed by atoms with Gasteiger partial charge in [0.1, 0.15) is 0 Å². The van der Waals surface area contributed by atoms with E-state index in [0.717, 1.165) is 12.8 Å². The van der Waals surface area contributed by atoms with Gasteiger partial charge in [0.05, 0.1) is 0 Å². The number of benzene rings is 2.